The molecule has 11 nitrogen and oxygen atoms in total. The van der Waals surface area contributed by atoms with Crippen LogP contribution < -0.4 is 5.73 Å². The summed E-state index contributed by atoms with van der Waals surface area (Å²) in [4.78, 5) is 45.5. The summed E-state index contributed by atoms with van der Waals surface area (Å²) in [7, 11) is -4.70. The molecule has 3 atom stereocenters. The molecule has 0 aliphatic rings. The predicted octanol–water partition coefficient (Wildman–Crippen LogP) is 10.3. The van der Waals surface area contributed by atoms with E-state index in [1.54, 1.807) is 0 Å². The van der Waals surface area contributed by atoms with Crippen LogP contribution in [0.3, 0.4) is 0 Å². The average Bonchev–Trinajstić information content (AvgIpc) is 3.11. The lowest BCUT2D eigenvalue weighted by Crippen LogP contribution is -2.34. The summed E-state index contributed by atoms with van der Waals surface area (Å²) >= 11 is 0. The first kappa shape index (κ1) is 50.0. The van der Waals surface area contributed by atoms with Gasteiger partial charge in [-0.2, -0.15) is 0 Å². The van der Waals surface area contributed by atoms with Gasteiger partial charge in [0.1, 0.15) is 12.6 Å². The van der Waals surface area contributed by atoms with Gasteiger partial charge in [-0.25, -0.2) is 4.57 Å². The van der Waals surface area contributed by atoms with Crippen LogP contribution in [0.1, 0.15) is 181 Å². The molecule has 0 rings (SSSR count). The van der Waals surface area contributed by atoms with Gasteiger partial charge in [0.25, 0.3) is 0 Å². The second-order valence-electron chi connectivity index (χ2n) is 13.8. The second-order valence-corrected chi connectivity index (χ2v) is 15.2. The number of allylic oxidation sites excluding steroid dienone is 4. The van der Waals surface area contributed by atoms with Gasteiger partial charge in [0.2, 0.25) is 0 Å². The fourth-order valence-corrected chi connectivity index (χ4v) is 6.23. The van der Waals surface area contributed by atoms with Crippen molar-refractivity contribution in [1.82, 2.24) is 0 Å². The van der Waals surface area contributed by atoms with E-state index in [9.17, 15) is 23.8 Å². The number of nitrogens with two attached hydrogens (primary N) is 1. The molecular formula is C40H74NO10P. The maximum Gasteiger partial charge on any atom is 0.472 e. The van der Waals surface area contributed by atoms with E-state index in [-0.39, 0.29) is 19.4 Å². The lowest BCUT2D eigenvalue weighted by atomic mass is 10.0. The molecule has 4 N–H and O–H groups in total. The van der Waals surface area contributed by atoms with E-state index in [0.717, 1.165) is 51.4 Å². The topological polar surface area (TPSA) is 172 Å². The molecule has 0 heterocycles. The molecule has 0 amide bonds. The molecule has 0 spiro atoms. The van der Waals surface area contributed by atoms with E-state index in [1.807, 2.05) is 0 Å². The molecule has 52 heavy (non-hydrogen) atoms. The number of phosphoric acid groups is 1. The first-order valence-corrected chi connectivity index (χ1v) is 21.9. The van der Waals surface area contributed by atoms with E-state index in [2.05, 4.69) is 42.7 Å². The number of carbonyl (C=O) groups excluding carboxylic acids is 2. The highest BCUT2D eigenvalue weighted by molar-refractivity contribution is 7.47. The van der Waals surface area contributed by atoms with Crippen LogP contribution in [0.15, 0.2) is 24.3 Å². The summed E-state index contributed by atoms with van der Waals surface area (Å²) < 4.78 is 32.4. The molecule has 0 aliphatic carbocycles. The van der Waals surface area contributed by atoms with Gasteiger partial charge >= 0.3 is 25.7 Å². The Bertz CT molecular complexity index is 989. The van der Waals surface area contributed by atoms with E-state index in [1.165, 1.54) is 89.9 Å². The molecule has 0 aromatic carbocycles. The van der Waals surface area contributed by atoms with Crippen LogP contribution in [0.4, 0.5) is 0 Å². The molecule has 304 valence electrons. The monoisotopic (exact) mass is 760 g/mol. The SMILES string of the molecule is CCCCCCC/C=C\C/C=C\CCCCCCCCCCCCCC(=O)OC(COC(=O)CCCCCCC)COP(=O)(O)OCC(N)C(=O)O. The Labute approximate surface area is 315 Å². The number of ether oxygens (including phenoxy) is 2. The summed E-state index contributed by atoms with van der Waals surface area (Å²) in [5.41, 5.74) is 5.30. The van der Waals surface area contributed by atoms with Crippen LogP contribution in [-0.4, -0.2) is 59.9 Å². The second kappa shape index (κ2) is 36.0. The molecule has 0 radical (unpaired) electrons. The van der Waals surface area contributed by atoms with E-state index < -0.39 is 51.1 Å². The molecule has 3 unspecified atom stereocenters. The number of carbonyl (C=O) groups is 3. The van der Waals surface area contributed by atoms with Crippen molar-refractivity contribution in [3.63, 3.8) is 0 Å². The summed E-state index contributed by atoms with van der Waals surface area (Å²) in [6.07, 6.45) is 35.9. The zero-order chi connectivity index (χ0) is 38.5. The van der Waals surface area contributed by atoms with Crippen molar-refractivity contribution in [3.8, 4) is 0 Å². The Morgan fingerprint density at radius 1 is 0.596 bits per heavy atom. The van der Waals surface area contributed by atoms with Crippen molar-refractivity contribution in [1.29, 1.82) is 0 Å². The zero-order valence-corrected chi connectivity index (χ0v) is 33.5. The first-order chi connectivity index (χ1) is 25.1. The van der Waals surface area contributed by atoms with Crippen molar-refractivity contribution in [2.24, 2.45) is 5.73 Å². The Hall–Kier alpha value is -2.04. The maximum absolute atomic E-state index is 12.5. The number of esters is 2. The van der Waals surface area contributed by atoms with Gasteiger partial charge < -0.3 is 25.2 Å². The number of rotatable bonds is 38. The van der Waals surface area contributed by atoms with E-state index >= 15 is 0 Å². The van der Waals surface area contributed by atoms with Crippen molar-refractivity contribution < 1.29 is 47.5 Å². The van der Waals surface area contributed by atoms with Crippen molar-refractivity contribution >= 4 is 25.7 Å². The summed E-state index contributed by atoms with van der Waals surface area (Å²) in [6, 6.07) is -1.52. The van der Waals surface area contributed by atoms with E-state index in [4.69, 9.17) is 24.8 Å². The lowest BCUT2D eigenvalue weighted by Gasteiger charge is -2.20. The first-order valence-electron chi connectivity index (χ1n) is 20.4. The van der Waals surface area contributed by atoms with E-state index in [0.29, 0.717) is 12.8 Å². The van der Waals surface area contributed by atoms with Crippen LogP contribution >= 0.6 is 7.82 Å². The maximum atomic E-state index is 12.5. The van der Waals surface area contributed by atoms with Gasteiger partial charge in [0, 0.05) is 12.8 Å². The highest BCUT2D eigenvalue weighted by atomic mass is 31.2. The molecule has 0 aromatic heterocycles. The minimum absolute atomic E-state index is 0.160. The lowest BCUT2D eigenvalue weighted by molar-refractivity contribution is -0.161. The Morgan fingerprint density at radius 3 is 1.50 bits per heavy atom. The van der Waals surface area contributed by atoms with Gasteiger partial charge in [0.05, 0.1) is 13.2 Å². The Morgan fingerprint density at radius 2 is 1.02 bits per heavy atom. The van der Waals surface area contributed by atoms with Gasteiger partial charge in [0.15, 0.2) is 6.10 Å². The molecular weight excluding hydrogens is 685 g/mol. The van der Waals surface area contributed by atoms with Crippen LogP contribution in [0.5, 0.6) is 0 Å². The van der Waals surface area contributed by atoms with Crippen LogP contribution in [-0.2, 0) is 37.5 Å². The third-order valence-corrected chi connectivity index (χ3v) is 9.65. The zero-order valence-electron chi connectivity index (χ0n) is 32.7. The molecule has 0 saturated carbocycles. The number of carboxylic acids is 1. The van der Waals surface area contributed by atoms with Crippen LogP contribution in [0, 0.1) is 0 Å². The number of hydrogen-bond donors (Lipinski definition) is 3. The normalized spacial score (nSPS) is 14.1. The number of hydrogen-bond acceptors (Lipinski definition) is 9. The standard InChI is InChI=1S/C40H74NO10P/c1-3-5-7-9-10-11-12-13-14-15-16-17-18-19-20-21-22-23-24-25-26-28-30-32-39(43)51-36(33-48-38(42)31-29-27-8-6-4-2)34-49-52(46,47)50-35-37(41)40(44)45/h12-13,15-16,36-37H,3-11,14,17-35,41H2,1-2H3,(H,44,45)(H,46,47)/b13-12-,16-15-. The van der Waals surface area contributed by atoms with Crippen molar-refractivity contribution in [2.75, 3.05) is 19.8 Å². The van der Waals surface area contributed by atoms with Crippen LogP contribution in [0.2, 0.25) is 0 Å². The Balaban J connectivity index is 4.13. The minimum Gasteiger partial charge on any atom is -0.480 e. The highest BCUT2D eigenvalue weighted by Crippen LogP contribution is 2.43. The quantitative estimate of drug-likeness (QED) is 0.0237. The van der Waals surface area contributed by atoms with Gasteiger partial charge in [-0.15, -0.1) is 0 Å². The molecule has 0 saturated heterocycles. The van der Waals surface area contributed by atoms with Gasteiger partial charge in [-0.05, 0) is 44.9 Å². The smallest absolute Gasteiger partial charge is 0.472 e. The number of carboxylic acid groups (broad SMARTS) is 1. The number of unbranched alkanes of at least 4 members (excludes halogenated alkanes) is 20. The largest absolute Gasteiger partial charge is 0.480 e. The average molecular weight is 760 g/mol. The molecule has 0 bridgehead atoms. The Kier molecular flexibility index (Phi) is 34.6. The molecule has 0 aromatic rings. The summed E-state index contributed by atoms with van der Waals surface area (Å²) in [6.45, 7) is 2.68. The summed E-state index contributed by atoms with van der Waals surface area (Å²) in [5, 5.41) is 8.84. The van der Waals surface area contributed by atoms with Crippen molar-refractivity contribution in [2.45, 2.75) is 193 Å². The summed E-state index contributed by atoms with van der Waals surface area (Å²) in [5.74, 6) is -2.39. The fraction of sp³-hybridized carbons (Fsp3) is 0.825. The van der Waals surface area contributed by atoms with Crippen LogP contribution in [0.25, 0.3) is 0 Å². The van der Waals surface area contributed by atoms with Crippen molar-refractivity contribution in [3.05, 3.63) is 24.3 Å². The number of phosphoric ester groups is 1. The molecule has 0 aliphatic heterocycles. The van der Waals surface area contributed by atoms with Gasteiger partial charge in [-0.3, -0.25) is 23.4 Å². The predicted molar refractivity (Wildman–Crippen MR) is 208 cm³/mol. The third-order valence-electron chi connectivity index (χ3n) is 8.70. The van der Waals surface area contributed by atoms with Gasteiger partial charge in [-0.1, -0.05) is 147 Å². The third kappa shape index (κ3) is 35.0. The molecule has 12 heteroatoms. The number of aliphatic carboxylic acids is 1. The fourth-order valence-electron chi connectivity index (χ4n) is 5.45. The molecule has 0 fully saturated rings. The minimum atomic E-state index is -4.70. The highest BCUT2D eigenvalue weighted by Gasteiger charge is 2.28.